The van der Waals surface area contributed by atoms with Gasteiger partial charge in [-0.1, -0.05) is 41.4 Å². The number of Topliss-reactive ketones (excluding diaryl/α,β-unsaturated/α-hetero) is 1. The average Bonchev–Trinajstić information content (AvgIpc) is 2.80. The second-order valence-electron chi connectivity index (χ2n) is 8.74. The molecule has 0 aromatic heterocycles. The molecule has 4 rings (SSSR count). The largest absolute Gasteiger partial charge is 0.379 e. The summed E-state index contributed by atoms with van der Waals surface area (Å²) in [7, 11) is -8.00. The van der Waals surface area contributed by atoms with E-state index in [4.69, 9.17) is 15.8 Å². The van der Waals surface area contributed by atoms with Crippen LogP contribution in [0.5, 0.6) is 5.75 Å². The first-order valence-electron chi connectivity index (χ1n) is 10.9. The summed E-state index contributed by atoms with van der Waals surface area (Å²) >= 11 is 5.92. The summed E-state index contributed by atoms with van der Waals surface area (Å²) in [6.45, 7) is 1.82. The van der Waals surface area contributed by atoms with Gasteiger partial charge in [-0.3, -0.25) is 4.79 Å². The van der Waals surface area contributed by atoms with E-state index in [-0.39, 0.29) is 34.6 Å². The van der Waals surface area contributed by atoms with E-state index in [1.54, 1.807) is 12.1 Å². The number of benzene rings is 3. The van der Waals surface area contributed by atoms with Gasteiger partial charge in [0.25, 0.3) is 0 Å². The molecule has 0 heterocycles. The molecule has 2 atom stereocenters. The molecule has 0 aliphatic heterocycles. The summed E-state index contributed by atoms with van der Waals surface area (Å²) in [4.78, 5) is 13.3. The van der Waals surface area contributed by atoms with Crippen LogP contribution < -0.4 is 8.91 Å². The number of alkyl halides is 1. The molecule has 36 heavy (non-hydrogen) atoms. The number of nitrogens with one attached hydrogen (secondary N) is 1. The minimum Gasteiger partial charge on any atom is -0.379 e. The Hall–Kier alpha value is -2.79. The van der Waals surface area contributed by atoms with E-state index in [9.17, 15) is 21.6 Å². The third-order valence-corrected chi connectivity index (χ3v) is 8.14. The van der Waals surface area contributed by atoms with E-state index >= 15 is 4.39 Å². The maximum absolute atomic E-state index is 16.4. The average molecular weight is 552 g/mol. The molecule has 0 radical (unpaired) electrons. The minimum absolute atomic E-state index is 0.0167. The molecule has 0 saturated carbocycles. The van der Waals surface area contributed by atoms with Crippen LogP contribution in [0.3, 0.4) is 0 Å². The quantitative estimate of drug-likeness (QED) is 0.432. The van der Waals surface area contributed by atoms with Crippen molar-refractivity contribution in [2.75, 3.05) is 6.26 Å². The highest BCUT2D eigenvalue weighted by Gasteiger charge is 2.51. The number of carbonyl (C=O) groups is 1. The second-order valence-corrected chi connectivity index (χ2v) is 12.5. The van der Waals surface area contributed by atoms with Crippen LogP contribution in [-0.4, -0.2) is 34.5 Å². The van der Waals surface area contributed by atoms with Gasteiger partial charge in [0.05, 0.1) is 12.3 Å². The number of carbonyl (C=O) groups excluding carboxylic acids is 1. The molecular formula is C25H23ClFNO6S2. The Bertz CT molecular complexity index is 1520. The van der Waals surface area contributed by atoms with Crippen molar-refractivity contribution in [2.24, 2.45) is 0 Å². The first kappa shape index (κ1) is 26.3. The molecule has 190 valence electrons. The van der Waals surface area contributed by atoms with Crippen LogP contribution in [0.25, 0.3) is 0 Å². The number of rotatable bonds is 7. The first-order valence-corrected chi connectivity index (χ1v) is 14.6. The van der Waals surface area contributed by atoms with Crippen molar-refractivity contribution in [3.05, 3.63) is 94.0 Å². The predicted octanol–water partition coefficient (Wildman–Crippen LogP) is 4.54. The molecule has 1 aliphatic rings. The fraction of sp³-hybridized carbons (Fsp3) is 0.240. The highest BCUT2D eigenvalue weighted by Crippen LogP contribution is 2.42. The van der Waals surface area contributed by atoms with Crippen LogP contribution in [0.4, 0.5) is 4.39 Å². The zero-order valence-electron chi connectivity index (χ0n) is 19.4. The van der Waals surface area contributed by atoms with Crippen molar-refractivity contribution in [3.8, 4) is 5.75 Å². The molecule has 1 aliphatic carbocycles. The van der Waals surface area contributed by atoms with Crippen molar-refractivity contribution < 1.29 is 30.2 Å². The lowest BCUT2D eigenvalue weighted by molar-refractivity contribution is 0.0533. The fourth-order valence-corrected chi connectivity index (χ4v) is 5.95. The normalized spacial score (nSPS) is 18.9. The number of aryl methyl sites for hydroxylation is 2. The highest BCUT2D eigenvalue weighted by atomic mass is 35.5. The lowest BCUT2D eigenvalue weighted by atomic mass is 9.75. The Morgan fingerprint density at radius 1 is 1.00 bits per heavy atom. The van der Waals surface area contributed by atoms with Crippen LogP contribution in [-0.2, 0) is 26.6 Å². The number of hydrogen-bond acceptors (Lipinski definition) is 6. The van der Waals surface area contributed by atoms with E-state index in [0.717, 1.165) is 11.8 Å². The standard InChI is InChI=1S/C25H23ClFNO6S2/c1-16-3-10-21(11-4-16)36(32,33)34-20-9-12-22-18(15-20)13-14-25(27,24(22)29)23(28-35(2,30)31)17-5-7-19(26)8-6-17/h3-12,15,23,28H,13-14H2,1-2H3/t23-,25+/m0/s1. The molecule has 3 aromatic rings. The summed E-state index contributed by atoms with van der Waals surface area (Å²) < 4.78 is 73.3. The molecule has 7 nitrogen and oxygen atoms in total. The molecule has 0 unspecified atom stereocenters. The van der Waals surface area contributed by atoms with Gasteiger partial charge >= 0.3 is 10.1 Å². The van der Waals surface area contributed by atoms with Gasteiger partial charge in [-0.25, -0.2) is 17.5 Å². The van der Waals surface area contributed by atoms with Gasteiger partial charge in [0.15, 0.2) is 5.67 Å². The van der Waals surface area contributed by atoms with E-state index < -0.39 is 37.6 Å². The molecule has 3 aromatic carbocycles. The summed E-state index contributed by atoms with van der Waals surface area (Å²) in [5.41, 5.74) is -1.02. The zero-order chi connectivity index (χ0) is 26.3. The van der Waals surface area contributed by atoms with E-state index in [1.165, 1.54) is 54.6 Å². The third kappa shape index (κ3) is 5.46. The van der Waals surface area contributed by atoms with Gasteiger partial charge in [0.2, 0.25) is 15.8 Å². The summed E-state index contributed by atoms with van der Waals surface area (Å²) in [5, 5.41) is 0.373. The van der Waals surface area contributed by atoms with Crippen molar-refractivity contribution in [1.82, 2.24) is 4.72 Å². The lowest BCUT2D eigenvalue weighted by Gasteiger charge is -2.36. The van der Waals surface area contributed by atoms with Crippen LogP contribution in [0, 0.1) is 6.92 Å². The number of sulfonamides is 1. The van der Waals surface area contributed by atoms with Gasteiger partial charge < -0.3 is 4.18 Å². The highest BCUT2D eigenvalue weighted by molar-refractivity contribution is 7.88. The molecule has 0 bridgehead atoms. The fourth-order valence-electron chi connectivity index (χ4n) is 4.15. The summed E-state index contributed by atoms with van der Waals surface area (Å²) in [6.07, 6.45) is 0.607. The Kier molecular flexibility index (Phi) is 7.00. The molecule has 11 heteroatoms. The summed E-state index contributed by atoms with van der Waals surface area (Å²) in [6, 6.07) is 14.5. The topological polar surface area (TPSA) is 107 Å². The molecule has 0 amide bonds. The lowest BCUT2D eigenvalue weighted by Crippen LogP contribution is -2.50. The monoisotopic (exact) mass is 551 g/mol. The van der Waals surface area contributed by atoms with Crippen LogP contribution in [0.2, 0.25) is 5.02 Å². The number of halogens is 2. The van der Waals surface area contributed by atoms with E-state index in [0.29, 0.717) is 10.6 Å². The Balaban J connectivity index is 1.66. The molecule has 1 N–H and O–H groups in total. The van der Waals surface area contributed by atoms with Crippen molar-refractivity contribution in [3.63, 3.8) is 0 Å². The van der Waals surface area contributed by atoms with Gasteiger partial charge in [0, 0.05) is 10.6 Å². The van der Waals surface area contributed by atoms with Crippen LogP contribution in [0.1, 0.15) is 39.5 Å². The Labute approximate surface area is 214 Å². The molecule has 0 fully saturated rings. The molecule has 0 spiro atoms. The molecular weight excluding hydrogens is 529 g/mol. The van der Waals surface area contributed by atoms with Crippen molar-refractivity contribution in [2.45, 2.75) is 36.4 Å². The van der Waals surface area contributed by atoms with Gasteiger partial charge in [-0.15, -0.1) is 0 Å². The number of ketones is 1. The van der Waals surface area contributed by atoms with Crippen molar-refractivity contribution >= 4 is 37.5 Å². The van der Waals surface area contributed by atoms with E-state index in [2.05, 4.69) is 4.72 Å². The number of fused-ring (bicyclic) bond motifs is 1. The van der Waals surface area contributed by atoms with Gasteiger partial charge in [0.1, 0.15) is 10.6 Å². The van der Waals surface area contributed by atoms with Gasteiger partial charge in [-0.2, -0.15) is 8.42 Å². The third-order valence-electron chi connectivity index (χ3n) is 5.97. The molecule has 0 saturated heterocycles. The van der Waals surface area contributed by atoms with E-state index in [1.807, 2.05) is 6.92 Å². The van der Waals surface area contributed by atoms with Gasteiger partial charge in [-0.05, 0) is 73.4 Å². The minimum atomic E-state index is -4.11. The zero-order valence-corrected chi connectivity index (χ0v) is 21.8. The SMILES string of the molecule is Cc1ccc(S(=O)(=O)Oc2ccc3c(c2)CC[C@@](F)([C@@H](NS(C)(=O)=O)c2ccc(Cl)cc2)C3=O)cc1. The van der Waals surface area contributed by atoms with Crippen LogP contribution >= 0.6 is 11.6 Å². The van der Waals surface area contributed by atoms with Crippen molar-refractivity contribution in [1.29, 1.82) is 0 Å². The van der Waals surface area contributed by atoms with Crippen LogP contribution in [0.15, 0.2) is 71.6 Å². The first-order chi connectivity index (χ1) is 16.8. The Morgan fingerprint density at radius 3 is 2.25 bits per heavy atom. The second kappa shape index (κ2) is 9.59. The number of hydrogen-bond donors (Lipinski definition) is 1. The summed E-state index contributed by atoms with van der Waals surface area (Å²) in [5.74, 6) is -0.926. The maximum atomic E-state index is 16.4. The predicted molar refractivity (Wildman–Crippen MR) is 134 cm³/mol. The Morgan fingerprint density at radius 2 is 1.64 bits per heavy atom. The smallest absolute Gasteiger partial charge is 0.339 e. The maximum Gasteiger partial charge on any atom is 0.339 e.